The summed E-state index contributed by atoms with van der Waals surface area (Å²) >= 11 is 1.65. The number of carbonyl (C=O) groups is 2. The average molecular weight is 388 g/mol. The molecule has 0 aliphatic carbocycles. The van der Waals surface area contributed by atoms with E-state index in [0.29, 0.717) is 6.54 Å². The van der Waals surface area contributed by atoms with Crippen LogP contribution in [0.2, 0.25) is 0 Å². The number of carbonyl (C=O) groups excluding carboxylic acids is 2. The number of amides is 2. The molecular weight excluding hydrogens is 362 g/mol. The predicted molar refractivity (Wildman–Crippen MR) is 106 cm³/mol. The van der Waals surface area contributed by atoms with Crippen molar-refractivity contribution in [2.45, 2.75) is 25.4 Å². The van der Waals surface area contributed by atoms with Gasteiger partial charge >= 0.3 is 11.8 Å². The Bertz CT molecular complexity index is 758. The van der Waals surface area contributed by atoms with Gasteiger partial charge in [0.2, 0.25) is 0 Å². The van der Waals surface area contributed by atoms with E-state index in [1.54, 1.807) is 18.4 Å². The van der Waals surface area contributed by atoms with Crippen molar-refractivity contribution in [3.05, 3.63) is 52.2 Å². The first-order valence-electron chi connectivity index (χ1n) is 9.12. The largest absolute Gasteiger partial charge is 0.497 e. The highest BCUT2D eigenvalue weighted by Gasteiger charge is 2.25. The number of hydrogen-bond donors (Lipinski definition) is 2. The van der Waals surface area contributed by atoms with Crippen molar-refractivity contribution in [3.63, 3.8) is 0 Å². The molecule has 1 atom stereocenters. The molecule has 3 rings (SSSR count). The summed E-state index contributed by atoms with van der Waals surface area (Å²) in [6.07, 6.45) is 2.35. The van der Waals surface area contributed by atoms with Crippen LogP contribution in [0.15, 0.2) is 41.1 Å². The average Bonchev–Trinajstić information content (AvgIpc) is 3.41. The molecule has 2 heterocycles. The van der Waals surface area contributed by atoms with E-state index >= 15 is 0 Å². The lowest BCUT2D eigenvalue weighted by Gasteiger charge is -2.27. The van der Waals surface area contributed by atoms with Gasteiger partial charge in [-0.2, -0.15) is 11.3 Å². The van der Waals surface area contributed by atoms with Crippen LogP contribution >= 0.6 is 11.3 Å². The highest BCUT2D eigenvalue weighted by atomic mass is 32.1. The Hall–Kier alpha value is -2.38. The van der Waals surface area contributed by atoms with Crippen molar-refractivity contribution < 1.29 is 14.3 Å². The van der Waals surface area contributed by atoms with E-state index in [0.717, 1.165) is 24.4 Å². The first-order chi connectivity index (χ1) is 13.2. The van der Waals surface area contributed by atoms with Gasteiger partial charge in [-0.05, 0) is 66.0 Å². The van der Waals surface area contributed by atoms with Crippen LogP contribution in [0.25, 0.3) is 0 Å². The molecule has 0 saturated carbocycles. The van der Waals surface area contributed by atoms with Gasteiger partial charge in [0.05, 0.1) is 13.2 Å². The minimum atomic E-state index is -0.622. The van der Waals surface area contributed by atoms with Crippen molar-refractivity contribution in [2.24, 2.45) is 0 Å². The molecule has 7 heteroatoms. The summed E-state index contributed by atoms with van der Waals surface area (Å²) in [7, 11) is 1.59. The number of rotatable bonds is 7. The SMILES string of the molecule is COc1cccc(CNC(=O)C(=O)NCC(c2ccsc2)N2CCCC2)c1. The van der Waals surface area contributed by atoms with Gasteiger partial charge in [0.25, 0.3) is 0 Å². The molecule has 144 valence electrons. The Kier molecular flexibility index (Phi) is 6.84. The van der Waals surface area contributed by atoms with Crippen LogP contribution in [0.3, 0.4) is 0 Å². The van der Waals surface area contributed by atoms with E-state index in [-0.39, 0.29) is 12.6 Å². The van der Waals surface area contributed by atoms with Crippen molar-refractivity contribution in [1.82, 2.24) is 15.5 Å². The van der Waals surface area contributed by atoms with Gasteiger partial charge in [-0.3, -0.25) is 14.5 Å². The van der Waals surface area contributed by atoms with Gasteiger partial charge in [-0.25, -0.2) is 0 Å². The summed E-state index contributed by atoms with van der Waals surface area (Å²) in [4.78, 5) is 26.7. The minimum Gasteiger partial charge on any atom is -0.497 e. The molecule has 0 bridgehead atoms. The van der Waals surface area contributed by atoms with Crippen LogP contribution in [-0.4, -0.2) is 43.5 Å². The lowest BCUT2D eigenvalue weighted by Crippen LogP contribution is -2.43. The topological polar surface area (TPSA) is 70.7 Å². The molecular formula is C20H25N3O3S. The molecule has 1 aromatic carbocycles. The number of ether oxygens (including phenoxy) is 1. The first kappa shape index (κ1) is 19.4. The molecule has 0 radical (unpaired) electrons. The van der Waals surface area contributed by atoms with E-state index in [1.165, 1.54) is 18.4 Å². The van der Waals surface area contributed by atoms with E-state index in [1.807, 2.05) is 29.6 Å². The van der Waals surface area contributed by atoms with Crippen LogP contribution in [0.1, 0.15) is 30.0 Å². The van der Waals surface area contributed by atoms with Gasteiger partial charge in [0, 0.05) is 13.1 Å². The van der Waals surface area contributed by atoms with Crippen LogP contribution in [0.4, 0.5) is 0 Å². The molecule has 1 aliphatic rings. The molecule has 6 nitrogen and oxygen atoms in total. The summed E-state index contributed by atoms with van der Waals surface area (Å²) in [6, 6.07) is 9.60. The number of benzene rings is 1. The van der Waals surface area contributed by atoms with Crippen LogP contribution < -0.4 is 15.4 Å². The fourth-order valence-electron chi connectivity index (χ4n) is 3.29. The summed E-state index contributed by atoms with van der Waals surface area (Å²) in [6.45, 7) is 2.77. The molecule has 1 saturated heterocycles. The lowest BCUT2D eigenvalue weighted by atomic mass is 10.1. The van der Waals surface area contributed by atoms with Crippen LogP contribution in [0, 0.1) is 0 Å². The number of nitrogens with one attached hydrogen (secondary N) is 2. The zero-order valence-corrected chi connectivity index (χ0v) is 16.3. The molecule has 1 aromatic heterocycles. The summed E-state index contributed by atoms with van der Waals surface area (Å²) in [5.41, 5.74) is 2.07. The molecule has 2 amide bonds. The number of nitrogens with zero attached hydrogens (tertiary/aromatic N) is 1. The zero-order valence-electron chi connectivity index (χ0n) is 15.4. The number of likely N-dealkylation sites (tertiary alicyclic amines) is 1. The smallest absolute Gasteiger partial charge is 0.309 e. The van der Waals surface area contributed by atoms with Gasteiger partial charge < -0.3 is 15.4 Å². The van der Waals surface area contributed by atoms with Crippen molar-refractivity contribution >= 4 is 23.2 Å². The van der Waals surface area contributed by atoms with Gasteiger partial charge in [-0.15, -0.1) is 0 Å². The Morgan fingerprint density at radius 2 is 1.96 bits per heavy atom. The molecule has 2 aromatic rings. The zero-order chi connectivity index (χ0) is 19.1. The quantitative estimate of drug-likeness (QED) is 0.716. The highest BCUT2D eigenvalue weighted by molar-refractivity contribution is 7.08. The van der Waals surface area contributed by atoms with Crippen molar-refractivity contribution in [3.8, 4) is 5.75 Å². The Morgan fingerprint density at radius 1 is 1.19 bits per heavy atom. The molecule has 2 N–H and O–H groups in total. The van der Waals surface area contributed by atoms with Crippen LogP contribution in [0.5, 0.6) is 5.75 Å². The maximum Gasteiger partial charge on any atom is 0.309 e. The van der Waals surface area contributed by atoms with Crippen LogP contribution in [-0.2, 0) is 16.1 Å². The number of hydrogen-bond acceptors (Lipinski definition) is 5. The van der Waals surface area contributed by atoms with Gasteiger partial charge in [0.15, 0.2) is 0 Å². The molecule has 0 spiro atoms. The molecule has 1 unspecified atom stereocenters. The minimum absolute atomic E-state index is 0.119. The normalized spacial score (nSPS) is 15.3. The van der Waals surface area contributed by atoms with E-state index in [9.17, 15) is 9.59 Å². The summed E-state index contributed by atoms with van der Waals surface area (Å²) in [5.74, 6) is -0.504. The molecule has 1 fully saturated rings. The van der Waals surface area contributed by atoms with Gasteiger partial charge in [0.1, 0.15) is 5.75 Å². The standard InChI is InChI=1S/C20H25N3O3S/c1-26-17-6-4-5-15(11-17)12-21-19(24)20(25)22-13-18(16-7-10-27-14-16)23-8-2-3-9-23/h4-7,10-11,14,18H,2-3,8-9,12-13H2,1H3,(H,21,24)(H,22,25). The second-order valence-corrected chi connectivity index (χ2v) is 7.34. The maximum atomic E-state index is 12.2. The molecule has 1 aliphatic heterocycles. The maximum absolute atomic E-state index is 12.2. The second kappa shape index (κ2) is 9.53. The van der Waals surface area contributed by atoms with Gasteiger partial charge in [-0.1, -0.05) is 12.1 Å². The fourth-order valence-corrected chi connectivity index (χ4v) is 4.00. The lowest BCUT2D eigenvalue weighted by molar-refractivity contribution is -0.139. The monoisotopic (exact) mass is 387 g/mol. The first-order valence-corrected chi connectivity index (χ1v) is 10.1. The van der Waals surface area contributed by atoms with Crippen molar-refractivity contribution in [1.29, 1.82) is 0 Å². The van der Waals surface area contributed by atoms with E-state index < -0.39 is 11.8 Å². The van der Waals surface area contributed by atoms with Crippen molar-refractivity contribution in [2.75, 3.05) is 26.7 Å². The molecule has 27 heavy (non-hydrogen) atoms. The third kappa shape index (κ3) is 5.30. The third-order valence-electron chi connectivity index (χ3n) is 4.76. The summed E-state index contributed by atoms with van der Waals surface area (Å²) in [5, 5.41) is 9.61. The van der Waals surface area contributed by atoms with E-state index in [4.69, 9.17) is 4.74 Å². The van der Waals surface area contributed by atoms with E-state index in [2.05, 4.69) is 27.0 Å². The Labute approximate surface area is 163 Å². The second-order valence-electron chi connectivity index (χ2n) is 6.56. The Morgan fingerprint density at radius 3 is 2.67 bits per heavy atom. The fraction of sp³-hybridized carbons (Fsp3) is 0.400. The number of methoxy groups -OCH3 is 1. The number of thiophene rings is 1. The highest BCUT2D eigenvalue weighted by Crippen LogP contribution is 2.26. The third-order valence-corrected chi connectivity index (χ3v) is 5.46. The predicted octanol–water partition coefficient (Wildman–Crippen LogP) is 2.33. The summed E-state index contributed by atoms with van der Waals surface area (Å²) < 4.78 is 5.16. The Balaban J connectivity index is 1.51.